The molecule has 1 atom stereocenters. The van der Waals surface area contributed by atoms with Gasteiger partial charge in [-0.15, -0.1) is 0 Å². The Labute approximate surface area is 134 Å². The number of benzene rings is 1. The van der Waals surface area contributed by atoms with Crippen molar-refractivity contribution < 1.29 is 14.6 Å². The third-order valence-corrected chi connectivity index (χ3v) is 3.57. The highest BCUT2D eigenvalue weighted by Crippen LogP contribution is 2.28. The van der Waals surface area contributed by atoms with Crippen molar-refractivity contribution in [3.63, 3.8) is 0 Å². The molecular weight excluding hydrogens is 302 g/mol. The van der Waals surface area contributed by atoms with Gasteiger partial charge in [-0.05, 0) is 32.6 Å². The van der Waals surface area contributed by atoms with Gasteiger partial charge in [-0.3, -0.25) is 25.0 Å². The summed E-state index contributed by atoms with van der Waals surface area (Å²) in [4.78, 5) is 32.8. The van der Waals surface area contributed by atoms with Crippen LogP contribution in [0.2, 0.25) is 0 Å². The molecule has 0 bridgehead atoms. The monoisotopic (exact) mass is 323 g/mol. The van der Waals surface area contributed by atoms with E-state index < -0.39 is 27.1 Å². The topological polar surface area (TPSA) is 115 Å². The molecule has 0 aliphatic carbocycles. The number of amides is 1. The van der Waals surface area contributed by atoms with Crippen LogP contribution in [0.3, 0.4) is 0 Å². The SMILES string of the molecule is Cc1c(C(=O)NC(C)CCC(C)C)cc([N+](=O)[O-])cc1[N+](=O)[O-]. The van der Waals surface area contributed by atoms with Gasteiger partial charge in [-0.2, -0.15) is 0 Å². The van der Waals surface area contributed by atoms with E-state index in [1.54, 1.807) is 0 Å². The van der Waals surface area contributed by atoms with Gasteiger partial charge in [-0.25, -0.2) is 0 Å². The molecule has 0 spiro atoms. The molecule has 0 heterocycles. The maximum Gasteiger partial charge on any atom is 0.279 e. The molecule has 0 saturated carbocycles. The molecule has 1 N–H and O–H groups in total. The molecule has 126 valence electrons. The Morgan fingerprint density at radius 3 is 2.22 bits per heavy atom. The molecule has 1 aromatic carbocycles. The molecule has 0 fully saturated rings. The molecule has 1 aromatic rings. The lowest BCUT2D eigenvalue weighted by molar-refractivity contribution is -0.394. The number of non-ortho nitro benzene ring substituents is 1. The minimum absolute atomic E-state index is 0.0395. The number of nitro groups is 2. The third-order valence-electron chi connectivity index (χ3n) is 3.57. The van der Waals surface area contributed by atoms with Crippen molar-refractivity contribution in [2.45, 2.75) is 46.6 Å². The van der Waals surface area contributed by atoms with Crippen molar-refractivity contribution in [3.05, 3.63) is 43.5 Å². The molecule has 0 aliphatic heterocycles. The fourth-order valence-electron chi connectivity index (χ4n) is 2.17. The summed E-state index contributed by atoms with van der Waals surface area (Å²) < 4.78 is 0. The van der Waals surface area contributed by atoms with Crippen LogP contribution < -0.4 is 5.32 Å². The Kier molecular flexibility index (Phi) is 6.18. The van der Waals surface area contributed by atoms with Crippen LogP contribution >= 0.6 is 0 Å². The van der Waals surface area contributed by atoms with Gasteiger partial charge < -0.3 is 5.32 Å². The number of nitrogens with one attached hydrogen (secondary N) is 1. The van der Waals surface area contributed by atoms with Crippen molar-refractivity contribution in [3.8, 4) is 0 Å². The number of nitrogens with zero attached hydrogens (tertiary/aromatic N) is 2. The first-order valence-corrected chi connectivity index (χ1v) is 7.37. The normalized spacial score (nSPS) is 12.0. The second kappa shape index (κ2) is 7.66. The summed E-state index contributed by atoms with van der Waals surface area (Å²) in [5.74, 6) is -0.0412. The van der Waals surface area contributed by atoms with E-state index in [4.69, 9.17) is 0 Å². The van der Waals surface area contributed by atoms with Gasteiger partial charge >= 0.3 is 0 Å². The average molecular weight is 323 g/mol. The Bertz CT molecular complexity index is 628. The van der Waals surface area contributed by atoms with Crippen LogP contribution in [0.5, 0.6) is 0 Å². The summed E-state index contributed by atoms with van der Waals surface area (Å²) in [6.45, 7) is 7.39. The summed E-state index contributed by atoms with van der Waals surface area (Å²) >= 11 is 0. The van der Waals surface area contributed by atoms with E-state index >= 15 is 0 Å². The van der Waals surface area contributed by atoms with E-state index in [1.165, 1.54) is 6.92 Å². The van der Waals surface area contributed by atoms with Crippen molar-refractivity contribution >= 4 is 17.3 Å². The minimum Gasteiger partial charge on any atom is -0.350 e. The molecule has 0 aromatic heterocycles. The van der Waals surface area contributed by atoms with Gasteiger partial charge in [0.25, 0.3) is 17.3 Å². The van der Waals surface area contributed by atoms with E-state index in [1.807, 2.05) is 6.92 Å². The highest BCUT2D eigenvalue weighted by Gasteiger charge is 2.25. The summed E-state index contributed by atoms with van der Waals surface area (Å²) in [6, 6.07) is 1.82. The largest absolute Gasteiger partial charge is 0.350 e. The van der Waals surface area contributed by atoms with Gasteiger partial charge in [0, 0.05) is 17.7 Å². The van der Waals surface area contributed by atoms with Crippen LogP contribution in [0, 0.1) is 33.1 Å². The predicted octanol–water partition coefficient (Wildman–Crippen LogP) is 3.37. The highest BCUT2D eigenvalue weighted by molar-refractivity contribution is 5.97. The van der Waals surface area contributed by atoms with Crippen molar-refractivity contribution in [2.24, 2.45) is 5.92 Å². The molecular formula is C15H21N3O5. The van der Waals surface area contributed by atoms with Crippen LogP contribution in [-0.4, -0.2) is 21.8 Å². The fraction of sp³-hybridized carbons (Fsp3) is 0.533. The molecule has 8 heteroatoms. The number of carbonyl (C=O) groups excluding carboxylic acids is 1. The Balaban J connectivity index is 3.08. The lowest BCUT2D eigenvalue weighted by Gasteiger charge is -2.16. The highest BCUT2D eigenvalue weighted by atomic mass is 16.6. The van der Waals surface area contributed by atoms with Crippen LogP contribution in [0.4, 0.5) is 11.4 Å². The quantitative estimate of drug-likeness (QED) is 0.610. The van der Waals surface area contributed by atoms with Gasteiger partial charge in [0.2, 0.25) is 0 Å². The number of carbonyl (C=O) groups is 1. The zero-order valence-electron chi connectivity index (χ0n) is 13.7. The molecule has 23 heavy (non-hydrogen) atoms. The molecule has 0 radical (unpaired) electrons. The second-order valence-electron chi connectivity index (χ2n) is 6.00. The lowest BCUT2D eigenvalue weighted by atomic mass is 10.0. The first-order chi connectivity index (χ1) is 10.6. The fourth-order valence-corrected chi connectivity index (χ4v) is 2.17. The maximum atomic E-state index is 12.3. The van der Waals surface area contributed by atoms with Crippen LogP contribution in [-0.2, 0) is 0 Å². The molecule has 8 nitrogen and oxygen atoms in total. The number of hydrogen-bond acceptors (Lipinski definition) is 5. The van der Waals surface area contributed by atoms with Gasteiger partial charge in [0.05, 0.1) is 21.5 Å². The molecule has 1 amide bonds. The Morgan fingerprint density at radius 1 is 1.13 bits per heavy atom. The maximum absolute atomic E-state index is 12.3. The smallest absolute Gasteiger partial charge is 0.279 e. The van der Waals surface area contributed by atoms with E-state index in [0.717, 1.165) is 25.0 Å². The molecule has 0 saturated heterocycles. The molecule has 0 aliphatic rings. The van der Waals surface area contributed by atoms with E-state index in [9.17, 15) is 25.0 Å². The van der Waals surface area contributed by atoms with Crippen LogP contribution in [0.1, 0.15) is 49.5 Å². The molecule has 1 rings (SSSR count). The zero-order valence-corrected chi connectivity index (χ0v) is 13.7. The predicted molar refractivity (Wildman–Crippen MR) is 85.5 cm³/mol. The first-order valence-electron chi connectivity index (χ1n) is 7.37. The average Bonchev–Trinajstić information content (AvgIpc) is 2.44. The van der Waals surface area contributed by atoms with Crippen LogP contribution in [0.15, 0.2) is 12.1 Å². The standard InChI is InChI=1S/C15H21N3O5/c1-9(2)5-6-10(3)16-15(19)13-7-12(17(20)21)8-14(11(13)4)18(22)23/h7-10H,5-6H2,1-4H3,(H,16,19). The third kappa shape index (κ3) is 5.01. The number of nitro benzene ring substituents is 2. The lowest BCUT2D eigenvalue weighted by Crippen LogP contribution is -2.33. The number of rotatable bonds is 7. The first kappa shape index (κ1) is 18.5. The van der Waals surface area contributed by atoms with Crippen molar-refractivity contribution in [2.75, 3.05) is 0 Å². The summed E-state index contributed by atoms with van der Waals surface area (Å²) in [5, 5.41) is 24.7. The van der Waals surface area contributed by atoms with Crippen molar-refractivity contribution in [1.82, 2.24) is 5.32 Å². The van der Waals surface area contributed by atoms with Gasteiger partial charge in [-0.1, -0.05) is 13.8 Å². The van der Waals surface area contributed by atoms with E-state index in [-0.39, 0.29) is 17.2 Å². The molecule has 1 unspecified atom stereocenters. The Hall–Kier alpha value is -2.51. The van der Waals surface area contributed by atoms with Crippen LogP contribution in [0.25, 0.3) is 0 Å². The number of hydrogen-bond donors (Lipinski definition) is 1. The van der Waals surface area contributed by atoms with E-state index in [0.29, 0.717) is 5.92 Å². The Morgan fingerprint density at radius 2 is 1.74 bits per heavy atom. The second-order valence-corrected chi connectivity index (χ2v) is 6.00. The summed E-state index contributed by atoms with van der Waals surface area (Å²) in [7, 11) is 0. The van der Waals surface area contributed by atoms with Crippen molar-refractivity contribution in [1.29, 1.82) is 0 Å². The van der Waals surface area contributed by atoms with E-state index in [2.05, 4.69) is 19.2 Å². The van der Waals surface area contributed by atoms with Gasteiger partial charge in [0.1, 0.15) is 0 Å². The van der Waals surface area contributed by atoms with Gasteiger partial charge in [0.15, 0.2) is 0 Å². The zero-order chi connectivity index (χ0) is 17.7. The summed E-state index contributed by atoms with van der Waals surface area (Å²) in [6.07, 6.45) is 1.69. The minimum atomic E-state index is -0.745. The summed E-state index contributed by atoms with van der Waals surface area (Å²) in [5.41, 5.74) is -0.821.